The molecule has 250 valence electrons. The van der Waals surface area contributed by atoms with Crippen LogP contribution in [0.1, 0.15) is 46.7 Å². The fraction of sp³-hybridized carbons (Fsp3) is 0.158. The number of hydrogen-bond acceptors (Lipinski definition) is 9. The summed E-state index contributed by atoms with van der Waals surface area (Å²) in [5, 5.41) is 18.4. The van der Waals surface area contributed by atoms with Crippen LogP contribution in [0.15, 0.2) is 109 Å². The van der Waals surface area contributed by atoms with Crippen LogP contribution in [0.4, 0.5) is 11.4 Å². The molecule has 2 aromatic heterocycles. The zero-order valence-corrected chi connectivity index (χ0v) is 26.7. The molecule has 8 rings (SSSR count). The van der Waals surface area contributed by atoms with Crippen LogP contribution < -0.4 is 25.8 Å². The molecule has 12 nitrogen and oxygen atoms in total. The fourth-order valence-electron chi connectivity index (χ4n) is 5.06. The van der Waals surface area contributed by atoms with E-state index in [2.05, 4.69) is 20.6 Å². The van der Waals surface area contributed by atoms with E-state index in [0.717, 1.165) is 36.5 Å². The lowest BCUT2D eigenvalue weighted by atomic mass is 10.2. The molecule has 0 spiro atoms. The van der Waals surface area contributed by atoms with Gasteiger partial charge in [0.15, 0.2) is 11.5 Å². The molecule has 2 fully saturated rings. The predicted octanol–water partition coefficient (Wildman–Crippen LogP) is 7.33. The topological polar surface area (TPSA) is 172 Å². The van der Waals surface area contributed by atoms with Crippen molar-refractivity contribution in [2.45, 2.75) is 37.8 Å². The van der Waals surface area contributed by atoms with E-state index >= 15 is 0 Å². The van der Waals surface area contributed by atoms with Gasteiger partial charge in [-0.3, -0.25) is 19.7 Å². The van der Waals surface area contributed by atoms with Crippen molar-refractivity contribution in [3.8, 4) is 23.0 Å². The molecule has 2 heterocycles. The van der Waals surface area contributed by atoms with Crippen molar-refractivity contribution in [1.82, 2.24) is 20.6 Å². The Morgan fingerprint density at radius 2 is 1.08 bits per heavy atom. The van der Waals surface area contributed by atoms with Crippen LogP contribution in [0.5, 0.6) is 23.0 Å². The lowest BCUT2D eigenvalue weighted by Crippen LogP contribution is -2.26. The number of rotatable bonds is 9. The highest BCUT2D eigenvalue weighted by molar-refractivity contribution is 5.97. The second-order valence-electron chi connectivity index (χ2n) is 12.1. The minimum absolute atomic E-state index is 0.00701. The maximum atomic E-state index is 12.2. The SMILES string of the molecule is Nc1ccc(Oc2cccc3ccc(C(=O)NC4CC4)nc23)cc1.O=C(NC1CC1)c1ccc2cccc(Oc3ccc([N+](=O)[O-])cc3)c2n1. The van der Waals surface area contributed by atoms with Crippen molar-refractivity contribution >= 4 is 45.0 Å². The van der Waals surface area contributed by atoms with Crippen LogP contribution in [0.3, 0.4) is 0 Å². The Kier molecular flexibility index (Phi) is 8.89. The number of ether oxygens (including phenoxy) is 2. The third-order valence-electron chi connectivity index (χ3n) is 8.04. The number of nitrogens with two attached hydrogens (primary N) is 1. The first-order chi connectivity index (χ1) is 24.3. The Balaban J connectivity index is 0.000000157. The number of benzene rings is 4. The van der Waals surface area contributed by atoms with Gasteiger partial charge in [0, 0.05) is 40.7 Å². The maximum Gasteiger partial charge on any atom is 0.270 e. The number of amides is 2. The minimum atomic E-state index is -0.464. The summed E-state index contributed by atoms with van der Waals surface area (Å²) in [7, 11) is 0. The number of anilines is 1. The van der Waals surface area contributed by atoms with Gasteiger partial charge in [0.25, 0.3) is 17.5 Å². The predicted molar refractivity (Wildman–Crippen MR) is 189 cm³/mol. The molecule has 2 saturated carbocycles. The molecule has 6 aromatic rings. The first-order valence-electron chi connectivity index (χ1n) is 16.2. The number of carbonyl (C=O) groups is 2. The molecule has 0 unspecified atom stereocenters. The average molecular weight is 669 g/mol. The molecule has 0 aliphatic heterocycles. The fourth-order valence-corrected chi connectivity index (χ4v) is 5.06. The second-order valence-corrected chi connectivity index (χ2v) is 12.1. The monoisotopic (exact) mass is 668 g/mol. The number of aromatic nitrogens is 2. The quantitative estimate of drug-likeness (QED) is 0.0810. The first-order valence-corrected chi connectivity index (χ1v) is 16.2. The zero-order valence-electron chi connectivity index (χ0n) is 26.7. The molecule has 0 atom stereocenters. The molecule has 2 amide bonds. The van der Waals surface area contributed by atoms with Gasteiger partial charge in [-0.2, -0.15) is 0 Å². The number of hydrogen-bond donors (Lipinski definition) is 3. The molecule has 12 heteroatoms. The molecular formula is C38H32N6O6. The van der Waals surface area contributed by atoms with E-state index in [0.29, 0.717) is 57.1 Å². The molecule has 4 aromatic carbocycles. The molecule has 4 N–H and O–H groups in total. The number of pyridine rings is 2. The third kappa shape index (κ3) is 7.76. The van der Waals surface area contributed by atoms with Crippen molar-refractivity contribution in [1.29, 1.82) is 0 Å². The van der Waals surface area contributed by atoms with Gasteiger partial charge in [-0.1, -0.05) is 36.4 Å². The van der Waals surface area contributed by atoms with Crippen molar-refractivity contribution in [3.05, 3.63) is 131 Å². The molecular weight excluding hydrogens is 636 g/mol. The largest absolute Gasteiger partial charge is 0.455 e. The van der Waals surface area contributed by atoms with Gasteiger partial charge >= 0.3 is 0 Å². The smallest absolute Gasteiger partial charge is 0.270 e. The van der Waals surface area contributed by atoms with Crippen molar-refractivity contribution in [2.75, 3.05) is 5.73 Å². The van der Waals surface area contributed by atoms with Gasteiger partial charge < -0.3 is 25.8 Å². The van der Waals surface area contributed by atoms with Crippen LogP contribution in [0.2, 0.25) is 0 Å². The van der Waals surface area contributed by atoms with Gasteiger partial charge in [-0.25, -0.2) is 9.97 Å². The maximum absolute atomic E-state index is 12.2. The summed E-state index contributed by atoms with van der Waals surface area (Å²) in [6.45, 7) is 0. The number of para-hydroxylation sites is 2. The summed E-state index contributed by atoms with van der Waals surface area (Å²) in [4.78, 5) is 43.7. The Labute approximate surface area is 286 Å². The number of carbonyl (C=O) groups excluding carboxylic acids is 2. The third-order valence-corrected chi connectivity index (χ3v) is 8.04. The van der Waals surface area contributed by atoms with E-state index in [9.17, 15) is 19.7 Å². The first kappa shape index (κ1) is 32.0. The van der Waals surface area contributed by atoms with Gasteiger partial charge in [-0.15, -0.1) is 0 Å². The average Bonchev–Trinajstić information content (AvgIpc) is 4.08. The number of fused-ring (bicyclic) bond motifs is 2. The van der Waals surface area contributed by atoms with Crippen molar-refractivity contribution < 1.29 is 24.0 Å². The lowest BCUT2D eigenvalue weighted by molar-refractivity contribution is -0.384. The van der Waals surface area contributed by atoms with Crippen molar-refractivity contribution in [2.24, 2.45) is 0 Å². The van der Waals surface area contributed by atoms with E-state index in [4.69, 9.17) is 15.2 Å². The summed E-state index contributed by atoms with van der Waals surface area (Å²) in [5.41, 5.74) is 8.34. The Hall–Kier alpha value is -6.56. The molecule has 0 saturated heterocycles. The van der Waals surface area contributed by atoms with Gasteiger partial charge in [0.1, 0.15) is 33.9 Å². The highest BCUT2D eigenvalue weighted by Gasteiger charge is 2.25. The van der Waals surface area contributed by atoms with Crippen LogP contribution in [0, 0.1) is 10.1 Å². The van der Waals surface area contributed by atoms with Gasteiger partial charge in [0.05, 0.1) is 4.92 Å². The number of nitrogen functional groups attached to an aromatic ring is 1. The Morgan fingerprint density at radius 1 is 0.640 bits per heavy atom. The highest BCUT2D eigenvalue weighted by atomic mass is 16.6. The van der Waals surface area contributed by atoms with E-state index in [1.165, 1.54) is 24.3 Å². The summed E-state index contributed by atoms with van der Waals surface area (Å²) >= 11 is 0. The number of non-ortho nitro benzene ring substituents is 1. The molecule has 2 aliphatic rings. The Bertz CT molecular complexity index is 2220. The van der Waals surface area contributed by atoms with E-state index in [-0.39, 0.29) is 23.5 Å². The van der Waals surface area contributed by atoms with Crippen LogP contribution in [-0.4, -0.2) is 38.8 Å². The summed E-state index contributed by atoms with van der Waals surface area (Å²) in [6, 6.07) is 31.8. The minimum Gasteiger partial charge on any atom is -0.455 e. The van der Waals surface area contributed by atoms with Crippen molar-refractivity contribution in [3.63, 3.8) is 0 Å². The number of nitro benzene ring substituents is 1. The number of nitro groups is 1. The lowest BCUT2D eigenvalue weighted by Gasteiger charge is -2.10. The number of nitrogens with zero attached hydrogens (tertiary/aromatic N) is 3. The standard InChI is InChI=1S/C19H15N3O4.C19H17N3O2/c23-19(20-13-5-6-13)16-11-4-12-2-1-3-17(18(12)21-16)26-15-9-7-14(8-10-15)22(24)25;20-13-5-9-15(10-6-13)24-17-3-1-2-12-4-11-16(22-18(12)17)19(23)21-14-7-8-14/h1-4,7-11,13H,5-6H2,(H,20,23);1-6,9-11,14H,7-8,20H2,(H,21,23). The summed E-state index contributed by atoms with van der Waals surface area (Å²) in [6.07, 6.45) is 4.11. The van der Waals surface area contributed by atoms with Crippen LogP contribution in [0.25, 0.3) is 21.8 Å². The van der Waals surface area contributed by atoms with E-state index in [1.807, 2.05) is 42.5 Å². The van der Waals surface area contributed by atoms with Gasteiger partial charge in [0.2, 0.25) is 0 Å². The normalized spacial score (nSPS) is 13.5. The molecule has 0 bridgehead atoms. The van der Waals surface area contributed by atoms with E-state index < -0.39 is 4.92 Å². The van der Waals surface area contributed by atoms with E-state index in [1.54, 1.807) is 42.5 Å². The molecule has 50 heavy (non-hydrogen) atoms. The highest BCUT2D eigenvalue weighted by Crippen LogP contribution is 2.31. The number of nitrogens with one attached hydrogen (secondary N) is 2. The molecule has 0 radical (unpaired) electrons. The van der Waals surface area contributed by atoms with Gasteiger partial charge in [-0.05, 0) is 86.3 Å². The summed E-state index contributed by atoms with van der Waals surface area (Å²) < 4.78 is 11.8. The van der Waals surface area contributed by atoms with Crippen LogP contribution >= 0.6 is 0 Å². The zero-order chi connectivity index (χ0) is 34.6. The van der Waals surface area contributed by atoms with Crippen LogP contribution in [-0.2, 0) is 0 Å². The Morgan fingerprint density at radius 3 is 1.50 bits per heavy atom. The molecule has 2 aliphatic carbocycles. The second kappa shape index (κ2) is 13.9. The summed E-state index contributed by atoms with van der Waals surface area (Å²) in [5.74, 6) is 1.89.